The summed E-state index contributed by atoms with van der Waals surface area (Å²) in [5, 5.41) is 9.95. The van der Waals surface area contributed by atoms with Crippen molar-refractivity contribution in [1.29, 1.82) is 0 Å². The fraction of sp³-hybridized carbons (Fsp3) is 0.458. The molecule has 0 amide bonds. The molecular weight excluding hydrogens is 431 g/mol. The molecule has 0 saturated carbocycles. The first-order valence-electron chi connectivity index (χ1n) is 11.2. The Morgan fingerprint density at radius 1 is 1.21 bits per heavy atom. The number of aliphatic hydroxyl groups excluding tert-OH is 1. The number of aromatic nitrogens is 3. The number of fused-ring (bicyclic) bond motifs is 2. The Morgan fingerprint density at radius 3 is 2.88 bits per heavy atom. The van der Waals surface area contributed by atoms with Gasteiger partial charge < -0.3 is 10.1 Å². The van der Waals surface area contributed by atoms with E-state index in [4.69, 9.17) is 0 Å². The van der Waals surface area contributed by atoms with Gasteiger partial charge in [-0.3, -0.25) is 4.90 Å². The van der Waals surface area contributed by atoms with Gasteiger partial charge in [0, 0.05) is 12.6 Å². The van der Waals surface area contributed by atoms with Gasteiger partial charge in [0.2, 0.25) is 6.33 Å². The van der Waals surface area contributed by atoms with Crippen LogP contribution in [-0.2, 0) is 12.6 Å². The topological polar surface area (TPSA) is 69.4 Å². The molecular formula is C24H25F3N5O+. The van der Waals surface area contributed by atoms with Crippen molar-refractivity contribution in [2.75, 3.05) is 19.7 Å². The minimum Gasteiger partial charge on any atom is -0.395 e. The first kappa shape index (κ1) is 21.9. The quantitative estimate of drug-likeness (QED) is 0.597. The van der Waals surface area contributed by atoms with Gasteiger partial charge in [0.05, 0.1) is 12.5 Å². The van der Waals surface area contributed by atoms with Crippen molar-refractivity contribution in [2.45, 2.75) is 43.8 Å². The molecule has 3 atom stereocenters. The molecule has 2 aromatic heterocycles. The highest BCUT2D eigenvalue weighted by Crippen LogP contribution is 2.38. The van der Waals surface area contributed by atoms with Crippen molar-refractivity contribution in [1.82, 2.24) is 19.9 Å². The Kier molecular flexibility index (Phi) is 5.81. The molecule has 1 aliphatic carbocycles. The van der Waals surface area contributed by atoms with Gasteiger partial charge in [0.25, 0.3) is 0 Å². The van der Waals surface area contributed by atoms with Gasteiger partial charge in [-0.1, -0.05) is 24.3 Å². The highest BCUT2D eigenvalue weighted by molar-refractivity contribution is 5.88. The summed E-state index contributed by atoms with van der Waals surface area (Å²) in [4.78, 5) is 17.2. The second-order valence-corrected chi connectivity index (χ2v) is 8.83. The molecule has 2 N–H and O–H groups in total. The Bertz CT molecular complexity index is 1210. The predicted octanol–water partition coefficient (Wildman–Crippen LogP) is 4.74. The molecule has 1 unspecified atom stereocenters. The molecule has 9 heteroatoms. The Hall–Kier alpha value is -2.96. The van der Waals surface area contributed by atoms with E-state index in [1.165, 1.54) is 11.9 Å². The van der Waals surface area contributed by atoms with Crippen molar-refractivity contribution in [3.63, 3.8) is 0 Å². The highest BCUT2D eigenvalue weighted by atomic mass is 19.4. The molecule has 3 heterocycles. The van der Waals surface area contributed by atoms with E-state index in [2.05, 4.69) is 42.9 Å². The van der Waals surface area contributed by atoms with E-state index in [1.807, 2.05) is 12.1 Å². The molecule has 6 nitrogen and oxygen atoms in total. The number of halogens is 3. The maximum atomic E-state index is 13.2. The van der Waals surface area contributed by atoms with E-state index in [-0.39, 0.29) is 41.3 Å². The number of likely N-dealkylation sites (tertiary alicyclic amines) is 1. The fourth-order valence-corrected chi connectivity index (χ4v) is 5.14. The molecule has 1 fully saturated rings. The number of aromatic amines is 1. The van der Waals surface area contributed by atoms with Crippen LogP contribution in [0.3, 0.4) is 0 Å². The molecule has 1 aromatic carbocycles. The standard InChI is InChI=1S/C24H25F3N5O/c25-24(26,27)21-10-19-22(29-14-30-23(19)31-21)28-11-20-16(12-32-9-3-5-17(32)13-33)8-7-15-4-1-2-6-18(15)20/h1-2,4,6,10,14,16-17,20,33H,3,5,7-9,12-13H2,(H,29,30,31)/q+1/t16-,17+,20?/m1/s1. The summed E-state index contributed by atoms with van der Waals surface area (Å²) in [5.74, 6) is 0.300. The lowest BCUT2D eigenvalue weighted by Gasteiger charge is -2.33. The summed E-state index contributed by atoms with van der Waals surface area (Å²) < 4.78 is 39.5. The minimum atomic E-state index is -4.50. The van der Waals surface area contributed by atoms with Crippen molar-refractivity contribution in [3.05, 3.63) is 58.3 Å². The number of aliphatic hydroxyl groups is 1. The number of H-pyrrole nitrogens is 1. The maximum absolute atomic E-state index is 13.2. The van der Waals surface area contributed by atoms with E-state index in [0.717, 1.165) is 50.4 Å². The summed E-state index contributed by atoms with van der Waals surface area (Å²) >= 11 is 0. The average Bonchev–Trinajstić information content (AvgIpc) is 3.45. The molecule has 0 spiro atoms. The summed E-state index contributed by atoms with van der Waals surface area (Å²) in [6.07, 6.45) is 0.697. The first-order valence-corrected chi connectivity index (χ1v) is 11.2. The largest absolute Gasteiger partial charge is 0.438 e. The molecule has 0 radical (unpaired) electrons. The highest BCUT2D eigenvalue weighted by Gasteiger charge is 2.36. The van der Waals surface area contributed by atoms with E-state index in [9.17, 15) is 18.3 Å². The van der Waals surface area contributed by atoms with Crippen LogP contribution in [0, 0.1) is 12.0 Å². The zero-order valence-electron chi connectivity index (χ0n) is 18.0. The summed E-state index contributed by atoms with van der Waals surface area (Å²) in [6.45, 7) is 1.94. The predicted molar refractivity (Wildman–Crippen MR) is 118 cm³/mol. The number of nitrogens with zero attached hydrogens (tertiary/aromatic N) is 4. The second kappa shape index (κ2) is 8.76. The minimum absolute atomic E-state index is 0.0984. The first-order chi connectivity index (χ1) is 15.9. The Labute approximate surface area is 189 Å². The van der Waals surface area contributed by atoms with Crippen LogP contribution in [0.15, 0.2) is 36.7 Å². The van der Waals surface area contributed by atoms with Crippen LogP contribution >= 0.6 is 0 Å². The van der Waals surface area contributed by atoms with Gasteiger partial charge in [-0.15, -0.1) is 0 Å². The van der Waals surface area contributed by atoms with Crippen LogP contribution < -0.4 is 0 Å². The third-order valence-corrected chi connectivity index (χ3v) is 6.84. The smallest absolute Gasteiger partial charge is 0.395 e. The molecule has 5 rings (SSSR count). The molecule has 1 aliphatic heterocycles. The van der Waals surface area contributed by atoms with Crippen LogP contribution in [0.2, 0.25) is 0 Å². The van der Waals surface area contributed by atoms with Crippen molar-refractivity contribution >= 4 is 16.9 Å². The molecule has 2 aliphatic rings. The molecule has 33 heavy (non-hydrogen) atoms. The molecule has 3 aromatic rings. The summed E-state index contributed by atoms with van der Waals surface area (Å²) in [7, 11) is 0. The fourth-order valence-electron chi connectivity index (χ4n) is 5.14. The third kappa shape index (κ3) is 4.33. The van der Waals surface area contributed by atoms with Gasteiger partial charge >= 0.3 is 12.0 Å². The normalized spacial score (nSPS) is 23.3. The number of aryl methyl sites for hydroxylation is 1. The lowest BCUT2D eigenvalue weighted by molar-refractivity contribution is -0.140. The molecule has 0 bridgehead atoms. The van der Waals surface area contributed by atoms with Crippen LogP contribution in [0.25, 0.3) is 15.9 Å². The number of benzene rings is 1. The van der Waals surface area contributed by atoms with Gasteiger partial charge in [-0.2, -0.15) is 23.0 Å². The monoisotopic (exact) mass is 456 g/mol. The van der Waals surface area contributed by atoms with Gasteiger partial charge in [0.1, 0.15) is 11.1 Å². The molecule has 172 valence electrons. The lowest BCUT2D eigenvalue weighted by atomic mass is 9.75. The van der Waals surface area contributed by atoms with E-state index in [0.29, 0.717) is 0 Å². The SMILES string of the molecule is OC[C@@H]1CCCN1C[C@H]1CCc2ccccc2C1C#[N+]c1ncnc2[nH]c(C(F)(F)F)cc12. The zero-order chi connectivity index (χ0) is 23.0. The maximum Gasteiger partial charge on any atom is 0.438 e. The van der Waals surface area contributed by atoms with Gasteiger partial charge in [0.15, 0.2) is 11.7 Å². The number of alkyl halides is 3. The summed E-state index contributed by atoms with van der Waals surface area (Å²) in [5.41, 5.74) is 1.61. The Morgan fingerprint density at radius 2 is 2.06 bits per heavy atom. The third-order valence-electron chi connectivity index (χ3n) is 6.84. The number of nitrogens with one attached hydrogen (secondary N) is 1. The zero-order valence-corrected chi connectivity index (χ0v) is 18.0. The summed E-state index contributed by atoms with van der Waals surface area (Å²) in [6, 6.07) is 12.6. The van der Waals surface area contributed by atoms with Gasteiger partial charge in [-0.05, 0) is 60.3 Å². The lowest BCUT2D eigenvalue weighted by Crippen LogP contribution is -2.38. The molecule has 1 saturated heterocycles. The average molecular weight is 456 g/mol. The van der Waals surface area contributed by atoms with E-state index in [1.54, 1.807) is 0 Å². The number of hydrogen-bond acceptors (Lipinski definition) is 4. The van der Waals surface area contributed by atoms with Crippen LogP contribution in [-0.4, -0.2) is 50.7 Å². The van der Waals surface area contributed by atoms with Crippen LogP contribution in [0.4, 0.5) is 19.0 Å². The van der Waals surface area contributed by atoms with Crippen molar-refractivity contribution in [2.24, 2.45) is 5.92 Å². The number of hydrogen-bond donors (Lipinski definition) is 2. The Balaban J connectivity index is 1.51. The van der Waals surface area contributed by atoms with Crippen LogP contribution in [0.1, 0.15) is 42.0 Å². The van der Waals surface area contributed by atoms with E-state index < -0.39 is 11.9 Å². The van der Waals surface area contributed by atoms with E-state index >= 15 is 0 Å². The van der Waals surface area contributed by atoms with Crippen molar-refractivity contribution < 1.29 is 18.3 Å². The van der Waals surface area contributed by atoms with Crippen LogP contribution in [0.5, 0.6) is 0 Å². The number of rotatable bonds is 3. The van der Waals surface area contributed by atoms with Gasteiger partial charge in [-0.25, -0.2) is 0 Å². The van der Waals surface area contributed by atoms with Crippen molar-refractivity contribution in [3.8, 4) is 6.07 Å². The second-order valence-electron chi connectivity index (χ2n) is 8.83.